The summed E-state index contributed by atoms with van der Waals surface area (Å²) in [5, 5.41) is 3.13. The number of anilines is 3. The van der Waals surface area contributed by atoms with Gasteiger partial charge in [-0.15, -0.1) is 0 Å². The van der Waals surface area contributed by atoms with Crippen LogP contribution in [0.1, 0.15) is 11.6 Å². The Morgan fingerprint density at radius 2 is 1.78 bits per heavy atom. The predicted octanol–water partition coefficient (Wildman–Crippen LogP) is 1.98. The molecule has 0 amide bonds. The fourth-order valence-corrected chi connectivity index (χ4v) is 3.17. The SMILES string of the molecule is Nc1nc(CN2CCN(c3ccccc3)CC2)nc(NCc2ccco2)n1. The van der Waals surface area contributed by atoms with E-state index in [0.29, 0.717) is 24.9 Å². The van der Waals surface area contributed by atoms with Gasteiger partial charge in [0.15, 0.2) is 0 Å². The van der Waals surface area contributed by atoms with Crippen molar-refractivity contribution >= 4 is 17.6 Å². The third-order valence-corrected chi connectivity index (χ3v) is 4.56. The maximum atomic E-state index is 5.86. The molecule has 3 aromatic rings. The number of hydrogen-bond donors (Lipinski definition) is 2. The summed E-state index contributed by atoms with van der Waals surface area (Å²) in [6, 6.07) is 14.2. The molecule has 27 heavy (non-hydrogen) atoms. The third kappa shape index (κ3) is 4.53. The molecule has 0 atom stereocenters. The first-order chi connectivity index (χ1) is 13.3. The summed E-state index contributed by atoms with van der Waals surface area (Å²) >= 11 is 0. The van der Waals surface area contributed by atoms with Gasteiger partial charge in [0, 0.05) is 31.9 Å². The molecule has 0 radical (unpaired) electrons. The number of furan rings is 1. The lowest BCUT2D eigenvalue weighted by Gasteiger charge is -2.35. The molecule has 0 spiro atoms. The van der Waals surface area contributed by atoms with E-state index in [4.69, 9.17) is 10.2 Å². The van der Waals surface area contributed by atoms with Gasteiger partial charge in [-0.1, -0.05) is 18.2 Å². The molecule has 1 aliphatic rings. The largest absolute Gasteiger partial charge is 0.467 e. The predicted molar refractivity (Wildman–Crippen MR) is 104 cm³/mol. The van der Waals surface area contributed by atoms with Crippen molar-refractivity contribution < 1.29 is 4.42 Å². The molecule has 0 saturated carbocycles. The second-order valence-corrected chi connectivity index (χ2v) is 6.47. The van der Waals surface area contributed by atoms with E-state index in [1.165, 1.54) is 5.69 Å². The number of nitrogens with zero attached hydrogens (tertiary/aromatic N) is 5. The highest BCUT2D eigenvalue weighted by molar-refractivity contribution is 5.46. The van der Waals surface area contributed by atoms with Crippen LogP contribution >= 0.6 is 0 Å². The Morgan fingerprint density at radius 1 is 0.963 bits per heavy atom. The lowest BCUT2D eigenvalue weighted by molar-refractivity contribution is 0.244. The van der Waals surface area contributed by atoms with Crippen molar-refractivity contribution in [2.75, 3.05) is 42.1 Å². The van der Waals surface area contributed by atoms with Crippen LogP contribution < -0.4 is 16.0 Å². The minimum atomic E-state index is 0.227. The monoisotopic (exact) mass is 365 g/mol. The molecule has 4 rings (SSSR count). The highest BCUT2D eigenvalue weighted by Gasteiger charge is 2.18. The molecule has 0 unspecified atom stereocenters. The number of aromatic nitrogens is 3. The van der Waals surface area contributed by atoms with E-state index in [2.05, 4.69) is 54.3 Å². The van der Waals surface area contributed by atoms with Crippen molar-refractivity contribution in [3.05, 3.63) is 60.3 Å². The maximum absolute atomic E-state index is 5.86. The van der Waals surface area contributed by atoms with Crippen molar-refractivity contribution in [2.24, 2.45) is 0 Å². The van der Waals surface area contributed by atoms with Gasteiger partial charge in [0.1, 0.15) is 11.6 Å². The van der Waals surface area contributed by atoms with E-state index in [1.807, 2.05) is 18.2 Å². The Balaban J connectivity index is 1.34. The third-order valence-electron chi connectivity index (χ3n) is 4.56. The summed E-state index contributed by atoms with van der Waals surface area (Å²) in [5.74, 6) is 2.19. The molecule has 1 aromatic carbocycles. The molecule has 140 valence electrons. The van der Waals surface area contributed by atoms with E-state index in [-0.39, 0.29) is 5.95 Å². The number of rotatable bonds is 6. The summed E-state index contributed by atoms with van der Waals surface area (Å²) in [7, 11) is 0. The summed E-state index contributed by atoms with van der Waals surface area (Å²) < 4.78 is 5.31. The van der Waals surface area contributed by atoms with Gasteiger partial charge in [0.2, 0.25) is 11.9 Å². The zero-order valence-electron chi connectivity index (χ0n) is 15.1. The topological polar surface area (TPSA) is 96.3 Å². The van der Waals surface area contributed by atoms with E-state index >= 15 is 0 Å². The number of hydrogen-bond acceptors (Lipinski definition) is 8. The fourth-order valence-electron chi connectivity index (χ4n) is 3.17. The number of para-hydroxylation sites is 1. The average molecular weight is 365 g/mol. The molecule has 1 fully saturated rings. The van der Waals surface area contributed by atoms with Gasteiger partial charge in [-0.05, 0) is 24.3 Å². The van der Waals surface area contributed by atoms with Crippen LogP contribution in [0, 0.1) is 0 Å². The second kappa shape index (κ2) is 8.05. The van der Waals surface area contributed by atoms with Crippen molar-refractivity contribution in [1.82, 2.24) is 19.9 Å². The molecule has 0 aliphatic carbocycles. The maximum Gasteiger partial charge on any atom is 0.228 e. The van der Waals surface area contributed by atoms with Crippen LogP contribution in [0.25, 0.3) is 0 Å². The first kappa shape index (κ1) is 17.3. The molecule has 2 aromatic heterocycles. The molecule has 8 heteroatoms. The summed E-state index contributed by atoms with van der Waals surface area (Å²) in [5.41, 5.74) is 7.13. The lowest BCUT2D eigenvalue weighted by Crippen LogP contribution is -2.46. The first-order valence-corrected chi connectivity index (χ1v) is 9.05. The van der Waals surface area contributed by atoms with Crippen molar-refractivity contribution in [1.29, 1.82) is 0 Å². The van der Waals surface area contributed by atoms with Crippen LogP contribution in [0.5, 0.6) is 0 Å². The van der Waals surface area contributed by atoms with Crippen LogP contribution in [-0.4, -0.2) is 46.0 Å². The van der Waals surface area contributed by atoms with Gasteiger partial charge in [0.25, 0.3) is 0 Å². The summed E-state index contributed by atoms with van der Waals surface area (Å²) in [4.78, 5) is 17.7. The molecule has 3 heterocycles. The molecule has 1 saturated heterocycles. The van der Waals surface area contributed by atoms with Crippen LogP contribution in [0.4, 0.5) is 17.6 Å². The van der Waals surface area contributed by atoms with Gasteiger partial charge in [-0.3, -0.25) is 4.90 Å². The smallest absolute Gasteiger partial charge is 0.228 e. The van der Waals surface area contributed by atoms with E-state index in [1.54, 1.807) is 6.26 Å². The Hall–Kier alpha value is -3.13. The highest BCUT2D eigenvalue weighted by atomic mass is 16.3. The summed E-state index contributed by atoms with van der Waals surface area (Å²) in [6.07, 6.45) is 1.64. The average Bonchev–Trinajstić information content (AvgIpc) is 3.21. The molecule has 3 N–H and O–H groups in total. The summed E-state index contributed by atoms with van der Waals surface area (Å²) in [6.45, 7) is 5.03. The quantitative estimate of drug-likeness (QED) is 0.684. The number of piperazine rings is 1. The number of nitrogens with two attached hydrogens (primary N) is 1. The van der Waals surface area contributed by atoms with Crippen molar-refractivity contribution in [3.63, 3.8) is 0 Å². The lowest BCUT2D eigenvalue weighted by atomic mass is 10.2. The van der Waals surface area contributed by atoms with Crippen molar-refractivity contribution in [2.45, 2.75) is 13.1 Å². The van der Waals surface area contributed by atoms with Crippen LogP contribution in [0.2, 0.25) is 0 Å². The van der Waals surface area contributed by atoms with Crippen molar-refractivity contribution in [3.8, 4) is 0 Å². The Kier molecular flexibility index (Phi) is 5.15. The molecular formula is C19H23N7O. The fraction of sp³-hybridized carbons (Fsp3) is 0.316. The van der Waals surface area contributed by atoms with E-state index in [0.717, 1.165) is 31.9 Å². The van der Waals surface area contributed by atoms with Gasteiger partial charge in [-0.2, -0.15) is 15.0 Å². The molecule has 0 bridgehead atoms. The first-order valence-electron chi connectivity index (χ1n) is 9.05. The van der Waals surface area contributed by atoms with Crippen LogP contribution in [0.3, 0.4) is 0 Å². The van der Waals surface area contributed by atoms with E-state index in [9.17, 15) is 0 Å². The molecular weight excluding hydrogens is 342 g/mol. The number of nitrogens with one attached hydrogen (secondary N) is 1. The second-order valence-electron chi connectivity index (χ2n) is 6.47. The zero-order chi connectivity index (χ0) is 18.5. The Labute approximate surface area is 158 Å². The normalized spacial score (nSPS) is 15.0. The Bertz CT molecular complexity index is 846. The van der Waals surface area contributed by atoms with Gasteiger partial charge in [-0.25, -0.2) is 0 Å². The highest BCUT2D eigenvalue weighted by Crippen LogP contribution is 2.16. The van der Waals surface area contributed by atoms with Crippen LogP contribution in [0.15, 0.2) is 53.1 Å². The number of nitrogen functional groups attached to an aromatic ring is 1. The van der Waals surface area contributed by atoms with E-state index < -0.39 is 0 Å². The molecule has 8 nitrogen and oxygen atoms in total. The molecule has 1 aliphatic heterocycles. The van der Waals surface area contributed by atoms with Gasteiger partial charge < -0.3 is 20.4 Å². The van der Waals surface area contributed by atoms with Crippen LogP contribution in [-0.2, 0) is 13.1 Å². The zero-order valence-corrected chi connectivity index (χ0v) is 15.1. The number of benzene rings is 1. The van der Waals surface area contributed by atoms with Gasteiger partial charge in [0.05, 0.1) is 19.4 Å². The van der Waals surface area contributed by atoms with Gasteiger partial charge >= 0.3 is 0 Å². The minimum Gasteiger partial charge on any atom is -0.467 e. The Morgan fingerprint density at radius 3 is 2.52 bits per heavy atom. The minimum absolute atomic E-state index is 0.227. The standard InChI is InChI=1S/C19H23N7O/c20-18-22-17(23-19(24-18)21-13-16-7-4-12-27-16)14-25-8-10-26(11-9-25)15-5-2-1-3-6-15/h1-7,12H,8-11,13-14H2,(H3,20,21,22,23,24).